The number of carbonyl (C=O) groups excluding carboxylic acids is 1. The van der Waals surface area contributed by atoms with Crippen LogP contribution in [0.3, 0.4) is 0 Å². The number of esters is 1. The number of unbranched alkanes of at least 4 members (excludes halogenated alkanes) is 20. The molecule has 0 saturated heterocycles. The molecule has 0 aromatic carbocycles. The fourth-order valence-electron chi connectivity index (χ4n) is 5.93. The van der Waals surface area contributed by atoms with Crippen LogP contribution >= 0.6 is 7.82 Å². The molecule has 3 N–H and O–H groups in total. The van der Waals surface area contributed by atoms with Gasteiger partial charge in [-0.25, -0.2) is 4.57 Å². The molecule has 10 heteroatoms. The van der Waals surface area contributed by atoms with Gasteiger partial charge in [0.25, 0.3) is 0 Å². The summed E-state index contributed by atoms with van der Waals surface area (Å²) in [5.74, 6) is -0.386. The monoisotopic (exact) mass is 799 g/mol. The zero-order chi connectivity index (χ0) is 40.3. The minimum absolute atomic E-state index is 0.0481. The van der Waals surface area contributed by atoms with Crippen LogP contribution in [-0.4, -0.2) is 66.3 Å². The van der Waals surface area contributed by atoms with Gasteiger partial charge in [-0.3, -0.25) is 13.8 Å². The number of hydrogen-bond donors (Lipinski definition) is 3. The fourth-order valence-corrected chi connectivity index (χ4v) is 6.72. The van der Waals surface area contributed by atoms with Crippen LogP contribution in [0.15, 0.2) is 48.6 Å². The molecule has 3 unspecified atom stereocenters. The van der Waals surface area contributed by atoms with Gasteiger partial charge in [0.2, 0.25) is 0 Å². The van der Waals surface area contributed by atoms with Crippen molar-refractivity contribution in [1.82, 2.24) is 0 Å². The Hall–Kier alpha value is -1.58. The van der Waals surface area contributed by atoms with E-state index in [1.165, 1.54) is 103 Å². The Kier molecular flexibility index (Phi) is 40.8. The van der Waals surface area contributed by atoms with Gasteiger partial charge >= 0.3 is 13.8 Å². The van der Waals surface area contributed by atoms with Crippen molar-refractivity contribution in [2.45, 2.75) is 199 Å². The quantitative estimate of drug-likeness (QED) is 0.0239. The molecular weight excluding hydrogens is 715 g/mol. The zero-order valence-corrected chi connectivity index (χ0v) is 36.0. The third kappa shape index (κ3) is 41.9. The van der Waals surface area contributed by atoms with Gasteiger partial charge in [0, 0.05) is 13.0 Å². The largest absolute Gasteiger partial charge is 0.472 e. The van der Waals surface area contributed by atoms with Gasteiger partial charge in [0.15, 0.2) is 0 Å². The van der Waals surface area contributed by atoms with Crippen LogP contribution in [0.2, 0.25) is 0 Å². The lowest BCUT2D eigenvalue weighted by atomic mass is 10.1. The Morgan fingerprint density at radius 2 is 1.04 bits per heavy atom. The summed E-state index contributed by atoms with van der Waals surface area (Å²) in [7, 11) is -4.51. The lowest BCUT2D eigenvalue weighted by molar-refractivity contribution is -0.154. The smallest absolute Gasteiger partial charge is 0.457 e. The normalized spacial score (nSPS) is 14.5. The Morgan fingerprint density at radius 3 is 1.56 bits per heavy atom. The number of phosphoric ester groups is 1. The van der Waals surface area contributed by atoms with E-state index < -0.39 is 33.2 Å². The molecule has 55 heavy (non-hydrogen) atoms. The summed E-state index contributed by atoms with van der Waals surface area (Å²) in [5, 5.41) is 18.3. The minimum Gasteiger partial charge on any atom is -0.457 e. The number of aliphatic hydroxyl groups excluding tert-OH is 2. The fraction of sp³-hybridized carbons (Fsp3) is 0.800. The van der Waals surface area contributed by atoms with Crippen molar-refractivity contribution in [2.24, 2.45) is 0 Å². The summed E-state index contributed by atoms with van der Waals surface area (Å²) < 4.78 is 33.3. The van der Waals surface area contributed by atoms with E-state index in [-0.39, 0.29) is 25.6 Å². The van der Waals surface area contributed by atoms with Crippen molar-refractivity contribution in [3.8, 4) is 0 Å². The van der Waals surface area contributed by atoms with E-state index in [4.69, 9.17) is 23.6 Å². The van der Waals surface area contributed by atoms with E-state index in [0.717, 1.165) is 64.2 Å². The van der Waals surface area contributed by atoms with E-state index >= 15 is 0 Å². The van der Waals surface area contributed by atoms with Gasteiger partial charge in [-0.05, 0) is 51.4 Å². The molecule has 0 bridgehead atoms. The van der Waals surface area contributed by atoms with Crippen molar-refractivity contribution in [2.75, 3.05) is 33.0 Å². The summed E-state index contributed by atoms with van der Waals surface area (Å²) in [4.78, 5) is 22.5. The predicted molar refractivity (Wildman–Crippen MR) is 228 cm³/mol. The standard InChI is InChI=1S/C45H83O9P/c1-3-5-7-9-11-13-15-16-17-18-19-20-21-22-23-24-25-26-27-28-30-32-34-36-38-51-41-44(42-53-55(49,50)52-40-43(47)39-46)54-45(48)37-35-33-31-29-14-12-10-8-6-4-2/h5,7,11,13,16-17,19-20,43-44,46-47H,3-4,6,8-10,12,14-15,18,21-42H2,1-2H3,(H,49,50)/b7-5-,13-11-,17-16-,20-19-. The van der Waals surface area contributed by atoms with Crippen molar-refractivity contribution in [3.05, 3.63) is 48.6 Å². The number of aliphatic hydroxyl groups is 2. The molecule has 0 aromatic heterocycles. The number of allylic oxidation sites excluding steroid dienone is 8. The third-order valence-corrected chi connectivity index (χ3v) is 10.2. The molecule has 322 valence electrons. The molecule has 0 spiro atoms. The topological polar surface area (TPSA) is 132 Å². The van der Waals surface area contributed by atoms with Gasteiger partial charge < -0.3 is 24.6 Å². The van der Waals surface area contributed by atoms with Crippen molar-refractivity contribution in [1.29, 1.82) is 0 Å². The highest BCUT2D eigenvalue weighted by molar-refractivity contribution is 7.47. The highest BCUT2D eigenvalue weighted by Crippen LogP contribution is 2.43. The van der Waals surface area contributed by atoms with Crippen LogP contribution in [0.5, 0.6) is 0 Å². The van der Waals surface area contributed by atoms with E-state index in [1.807, 2.05) is 0 Å². The number of ether oxygens (including phenoxy) is 2. The number of rotatable bonds is 42. The third-order valence-electron chi connectivity index (χ3n) is 9.28. The molecule has 0 aliphatic rings. The maximum absolute atomic E-state index is 12.6. The first-order chi connectivity index (χ1) is 26.8. The molecule has 0 aliphatic heterocycles. The Labute approximate surface area is 337 Å². The number of hydrogen-bond acceptors (Lipinski definition) is 8. The van der Waals surface area contributed by atoms with Crippen molar-refractivity contribution >= 4 is 13.8 Å². The van der Waals surface area contributed by atoms with Crippen LogP contribution in [0, 0.1) is 0 Å². The van der Waals surface area contributed by atoms with Gasteiger partial charge in [-0.15, -0.1) is 0 Å². The summed E-state index contributed by atoms with van der Waals surface area (Å²) >= 11 is 0. The maximum Gasteiger partial charge on any atom is 0.472 e. The minimum atomic E-state index is -4.51. The van der Waals surface area contributed by atoms with Crippen molar-refractivity contribution < 1.29 is 43.0 Å². The molecule has 9 nitrogen and oxygen atoms in total. The Balaban J connectivity index is 4.03. The van der Waals surface area contributed by atoms with E-state index in [2.05, 4.69) is 62.5 Å². The van der Waals surface area contributed by atoms with Crippen LogP contribution in [-0.2, 0) is 27.9 Å². The van der Waals surface area contributed by atoms with Crippen LogP contribution in [0.25, 0.3) is 0 Å². The second-order valence-corrected chi connectivity index (χ2v) is 16.1. The Bertz CT molecular complexity index is 997. The number of carbonyl (C=O) groups is 1. The highest BCUT2D eigenvalue weighted by Gasteiger charge is 2.26. The summed E-state index contributed by atoms with van der Waals surface area (Å²) in [6.45, 7) is 3.39. The van der Waals surface area contributed by atoms with E-state index in [0.29, 0.717) is 6.61 Å². The van der Waals surface area contributed by atoms with Gasteiger partial charge in [0.05, 0.1) is 26.4 Å². The second kappa shape index (κ2) is 42.0. The average Bonchev–Trinajstić information content (AvgIpc) is 3.18. The lowest BCUT2D eigenvalue weighted by Gasteiger charge is -2.20. The van der Waals surface area contributed by atoms with Crippen molar-refractivity contribution in [3.63, 3.8) is 0 Å². The van der Waals surface area contributed by atoms with Gasteiger partial charge in [0.1, 0.15) is 12.2 Å². The molecule has 0 heterocycles. The summed E-state index contributed by atoms with van der Waals surface area (Å²) in [6, 6.07) is 0. The van der Waals surface area contributed by atoms with Crippen LogP contribution in [0.1, 0.15) is 187 Å². The average molecular weight is 799 g/mol. The number of phosphoric acid groups is 1. The molecular formula is C45H83O9P. The van der Waals surface area contributed by atoms with Gasteiger partial charge in [-0.1, -0.05) is 178 Å². The molecule has 0 amide bonds. The molecule has 0 saturated carbocycles. The zero-order valence-electron chi connectivity index (χ0n) is 35.1. The van der Waals surface area contributed by atoms with Crippen LogP contribution < -0.4 is 0 Å². The highest BCUT2D eigenvalue weighted by atomic mass is 31.2. The maximum atomic E-state index is 12.6. The molecule has 0 radical (unpaired) electrons. The summed E-state index contributed by atoms with van der Waals surface area (Å²) in [6.07, 6.45) is 46.5. The molecule has 0 aliphatic carbocycles. The molecule has 3 atom stereocenters. The SMILES string of the molecule is CC/C=C\C/C=C\C/C=C\C/C=C\CCCCCCCCCCCCCOCC(COP(=O)(O)OCC(O)CO)OC(=O)CCCCCCCCCCCC. The summed E-state index contributed by atoms with van der Waals surface area (Å²) in [5.41, 5.74) is 0. The first-order valence-electron chi connectivity index (χ1n) is 22.1. The molecule has 0 aromatic rings. The first kappa shape index (κ1) is 53.4. The first-order valence-corrected chi connectivity index (χ1v) is 23.6. The Morgan fingerprint density at radius 1 is 0.582 bits per heavy atom. The van der Waals surface area contributed by atoms with Crippen LogP contribution in [0.4, 0.5) is 0 Å². The van der Waals surface area contributed by atoms with Gasteiger partial charge in [-0.2, -0.15) is 0 Å². The molecule has 0 rings (SSSR count). The van der Waals surface area contributed by atoms with E-state index in [9.17, 15) is 19.4 Å². The predicted octanol–water partition coefficient (Wildman–Crippen LogP) is 12.2. The van der Waals surface area contributed by atoms with E-state index in [1.54, 1.807) is 0 Å². The lowest BCUT2D eigenvalue weighted by Crippen LogP contribution is -2.29. The second-order valence-electron chi connectivity index (χ2n) is 14.7. The molecule has 0 fully saturated rings.